The molecule has 2 aliphatic heterocycles. The lowest BCUT2D eigenvalue weighted by atomic mass is 9.93. The average molecular weight is 1050 g/mol. The van der Waals surface area contributed by atoms with Gasteiger partial charge in [0, 0.05) is 61.8 Å². The normalized spacial score (nSPS) is 17.9. The molecule has 402 valence electrons. The van der Waals surface area contributed by atoms with Gasteiger partial charge in [0.15, 0.2) is 0 Å². The SMILES string of the molecule is C=CC1=C(/C(=C\C)NCCOCCOCCOCCC(=O)NCCCCC#Cc2cccc(Cn3c(-c4ccccc4)c(-c4ccccc4)c4c(=N)n(C5CCC(O)CC5)cnc43)c2)C(=O)N(C2CCC(=O)NC2=O)C1=O. The Balaban J connectivity index is 0.724. The van der Waals surface area contributed by atoms with Crippen molar-refractivity contribution < 1.29 is 43.3 Å². The molecule has 17 nitrogen and oxygen atoms in total. The molecule has 17 heteroatoms. The van der Waals surface area contributed by atoms with E-state index in [2.05, 4.69) is 75.3 Å². The Morgan fingerprint density at radius 1 is 0.844 bits per heavy atom. The first-order chi connectivity index (χ1) is 37.6. The Labute approximate surface area is 448 Å². The fourth-order valence-corrected chi connectivity index (χ4v) is 10.1. The van der Waals surface area contributed by atoms with Crippen LogP contribution in [0.1, 0.15) is 88.3 Å². The Bertz CT molecular complexity index is 3120. The first-order valence-electron chi connectivity index (χ1n) is 26.6. The van der Waals surface area contributed by atoms with E-state index in [9.17, 15) is 34.5 Å². The van der Waals surface area contributed by atoms with Crippen molar-refractivity contribution in [3.63, 3.8) is 0 Å². The summed E-state index contributed by atoms with van der Waals surface area (Å²) in [5, 5.41) is 29.0. The summed E-state index contributed by atoms with van der Waals surface area (Å²) < 4.78 is 21.1. The number of aromatic nitrogens is 3. The van der Waals surface area contributed by atoms with Crippen LogP contribution in [0, 0.1) is 17.3 Å². The summed E-state index contributed by atoms with van der Waals surface area (Å²) in [7, 11) is 0. The summed E-state index contributed by atoms with van der Waals surface area (Å²) in [5.74, 6) is 4.21. The minimum Gasteiger partial charge on any atom is -0.393 e. The second-order valence-electron chi connectivity index (χ2n) is 19.2. The van der Waals surface area contributed by atoms with E-state index >= 15 is 0 Å². The van der Waals surface area contributed by atoms with Crippen LogP contribution in [-0.4, -0.2) is 119 Å². The lowest BCUT2D eigenvalue weighted by Crippen LogP contribution is -2.54. The number of unbranched alkanes of at least 4 members (excludes halogenated alkanes) is 2. The van der Waals surface area contributed by atoms with Crippen molar-refractivity contribution in [3.05, 3.63) is 143 Å². The number of allylic oxidation sites excluding steroid dienone is 1. The van der Waals surface area contributed by atoms with Crippen LogP contribution in [0.5, 0.6) is 0 Å². The first kappa shape index (κ1) is 55.5. The number of carbonyl (C=O) groups excluding carboxylic acids is 5. The number of rotatable bonds is 25. The largest absolute Gasteiger partial charge is 0.393 e. The minimum absolute atomic E-state index is 0.0313. The summed E-state index contributed by atoms with van der Waals surface area (Å²) in [6, 6.07) is 27.9. The molecular weight excluding hydrogens is 977 g/mol. The van der Waals surface area contributed by atoms with Crippen LogP contribution in [0.2, 0.25) is 0 Å². The minimum atomic E-state index is -1.07. The molecule has 1 saturated carbocycles. The predicted molar refractivity (Wildman–Crippen MR) is 291 cm³/mol. The van der Waals surface area contributed by atoms with Gasteiger partial charge in [-0.15, -0.1) is 0 Å². The number of nitrogens with zero attached hydrogens (tertiary/aromatic N) is 4. The second kappa shape index (κ2) is 27.3. The molecule has 3 aromatic carbocycles. The standard InChI is InChI=1S/C60H68N8O9/c1-3-47-53(60(74)68(59(47)73)49-27-28-51(71)65-58(49)72)48(4-2)62-31-33-76-35-37-77-36-34-75-32-29-50(70)63-30-14-6-5-9-16-41-17-15-18-42(38-41)39-66-55(44-21-12-8-13-22-44)52(43-19-10-7-11-20-43)54-56(61)67(40-64-57(54)66)45-23-25-46(69)26-24-45/h3-4,7-8,10-13,15,17-22,38,40,45-46,49,61-62,69H,1,5-6,14,23-37,39H2,2H3,(H,63,70)(H,65,71,72)/b48-4+,61-56?. The van der Waals surface area contributed by atoms with Gasteiger partial charge in [-0.1, -0.05) is 103 Å². The number of aliphatic hydroxyl groups excluding tert-OH is 1. The molecule has 1 saturated heterocycles. The number of hydrogen-bond donors (Lipinski definition) is 5. The molecule has 1 aliphatic carbocycles. The van der Waals surface area contributed by atoms with Crippen molar-refractivity contribution >= 4 is 40.6 Å². The summed E-state index contributed by atoms with van der Waals surface area (Å²) in [6.07, 6.45) is 10.2. The van der Waals surface area contributed by atoms with E-state index in [0.717, 1.165) is 75.1 Å². The van der Waals surface area contributed by atoms with Gasteiger partial charge in [-0.05, 0) is 80.7 Å². The molecule has 0 spiro atoms. The quantitative estimate of drug-likeness (QED) is 0.0245. The van der Waals surface area contributed by atoms with E-state index in [-0.39, 0.29) is 61.7 Å². The first-order valence-corrected chi connectivity index (χ1v) is 26.6. The van der Waals surface area contributed by atoms with Crippen molar-refractivity contribution in [2.75, 3.05) is 52.7 Å². The molecule has 0 radical (unpaired) electrons. The van der Waals surface area contributed by atoms with E-state index in [4.69, 9.17) is 19.2 Å². The predicted octanol–water partition coefficient (Wildman–Crippen LogP) is 6.40. The van der Waals surface area contributed by atoms with Crippen LogP contribution in [0.4, 0.5) is 0 Å². The molecule has 77 heavy (non-hydrogen) atoms. The molecule has 1 atom stereocenters. The summed E-state index contributed by atoms with van der Waals surface area (Å²) in [5.41, 5.74) is 7.80. The fraction of sp³-hybridized carbons (Fsp3) is 0.383. The van der Waals surface area contributed by atoms with Crippen LogP contribution >= 0.6 is 0 Å². The Morgan fingerprint density at radius 2 is 1.55 bits per heavy atom. The second-order valence-corrected chi connectivity index (χ2v) is 19.2. The van der Waals surface area contributed by atoms with Crippen molar-refractivity contribution in [1.82, 2.24) is 35.0 Å². The average Bonchev–Trinajstić information content (AvgIpc) is 3.92. The topological polar surface area (TPSA) is 219 Å². The van der Waals surface area contributed by atoms with Gasteiger partial charge in [0.25, 0.3) is 11.8 Å². The molecule has 5 aromatic rings. The van der Waals surface area contributed by atoms with Gasteiger partial charge < -0.3 is 39.1 Å². The summed E-state index contributed by atoms with van der Waals surface area (Å²) in [4.78, 5) is 69.0. The molecule has 5 amide bonds. The maximum Gasteiger partial charge on any atom is 0.264 e. The molecule has 8 rings (SSSR count). The highest BCUT2D eigenvalue weighted by molar-refractivity contribution is 6.24. The number of benzene rings is 3. The zero-order valence-corrected chi connectivity index (χ0v) is 43.7. The van der Waals surface area contributed by atoms with E-state index < -0.39 is 29.7 Å². The number of ether oxygens (including phenoxy) is 3. The zero-order valence-electron chi connectivity index (χ0n) is 43.7. The number of imide groups is 2. The molecule has 1 unspecified atom stereocenters. The summed E-state index contributed by atoms with van der Waals surface area (Å²) >= 11 is 0. The van der Waals surface area contributed by atoms with Gasteiger partial charge in [0.05, 0.1) is 74.3 Å². The van der Waals surface area contributed by atoms with Crippen LogP contribution in [-0.2, 0) is 44.7 Å². The molecular formula is C60H68N8O9. The van der Waals surface area contributed by atoms with Crippen LogP contribution in [0.3, 0.4) is 0 Å². The number of aliphatic hydroxyl groups is 1. The Morgan fingerprint density at radius 3 is 2.25 bits per heavy atom. The molecule has 4 heterocycles. The van der Waals surface area contributed by atoms with Crippen LogP contribution in [0.25, 0.3) is 33.4 Å². The third-order valence-electron chi connectivity index (χ3n) is 14.0. The zero-order chi connectivity index (χ0) is 54.1. The highest BCUT2D eigenvalue weighted by Crippen LogP contribution is 2.40. The number of carbonyl (C=O) groups is 5. The highest BCUT2D eigenvalue weighted by atomic mass is 16.5. The van der Waals surface area contributed by atoms with Crippen LogP contribution < -0.4 is 21.4 Å². The van der Waals surface area contributed by atoms with E-state index in [1.54, 1.807) is 13.0 Å². The maximum absolute atomic E-state index is 13.4. The number of piperidine rings is 1. The van der Waals surface area contributed by atoms with Crippen LogP contribution in [0.15, 0.2) is 127 Å². The lowest BCUT2D eigenvalue weighted by Gasteiger charge is -2.28. The third kappa shape index (κ3) is 13.8. The Kier molecular flexibility index (Phi) is 19.7. The fourth-order valence-electron chi connectivity index (χ4n) is 10.1. The number of hydrogen-bond acceptors (Lipinski definition) is 12. The molecule has 0 bridgehead atoms. The van der Waals surface area contributed by atoms with Gasteiger partial charge >= 0.3 is 0 Å². The smallest absolute Gasteiger partial charge is 0.264 e. The maximum atomic E-state index is 13.4. The van der Waals surface area contributed by atoms with Gasteiger partial charge in [-0.3, -0.25) is 39.6 Å². The highest BCUT2D eigenvalue weighted by Gasteiger charge is 2.46. The van der Waals surface area contributed by atoms with E-state index in [0.29, 0.717) is 76.5 Å². The van der Waals surface area contributed by atoms with Gasteiger partial charge in [0.1, 0.15) is 17.2 Å². The number of amides is 5. The van der Waals surface area contributed by atoms with Gasteiger partial charge in [0.2, 0.25) is 17.7 Å². The molecule has 5 N–H and O–H groups in total. The van der Waals surface area contributed by atoms with Crippen molar-refractivity contribution in [2.45, 2.75) is 95.9 Å². The lowest BCUT2D eigenvalue weighted by molar-refractivity contribution is -0.149. The molecule has 3 aliphatic rings. The van der Waals surface area contributed by atoms with Gasteiger partial charge in [-0.25, -0.2) is 4.98 Å². The molecule has 2 aromatic heterocycles. The molecule has 2 fully saturated rings. The number of fused-ring (bicyclic) bond motifs is 1. The van der Waals surface area contributed by atoms with Crippen molar-refractivity contribution in [1.29, 1.82) is 5.41 Å². The Hall–Kier alpha value is -7.75. The monoisotopic (exact) mass is 1040 g/mol. The van der Waals surface area contributed by atoms with Crippen molar-refractivity contribution in [2.24, 2.45) is 0 Å². The number of nitrogens with one attached hydrogen (secondary N) is 4. The third-order valence-corrected chi connectivity index (χ3v) is 14.0. The summed E-state index contributed by atoms with van der Waals surface area (Å²) in [6.45, 7) is 8.69. The van der Waals surface area contributed by atoms with Crippen molar-refractivity contribution in [3.8, 4) is 34.2 Å². The van der Waals surface area contributed by atoms with Gasteiger partial charge in [-0.2, -0.15) is 0 Å². The van der Waals surface area contributed by atoms with E-state index in [1.165, 1.54) is 6.08 Å². The van der Waals surface area contributed by atoms with E-state index in [1.807, 2.05) is 59.4 Å².